The molecule has 1 aliphatic carbocycles. The number of para-hydroxylation sites is 1. The third-order valence-electron chi connectivity index (χ3n) is 5.19. The minimum atomic E-state index is -0.255. The summed E-state index contributed by atoms with van der Waals surface area (Å²) in [6, 6.07) is 8.12. The van der Waals surface area contributed by atoms with Gasteiger partial charge in [0.2, 0.25) is 5.91 Å². The predicted octanol–water partition coefficient (Wildman–Crippen LogP) is 1.95. The average Bonchev–Trinajstić information content (AvgIpc) is 3.07. The van der Waals surface area contributed by atoms with Crippen LogP contribution in [0.4, 0.5) is 0 Å². The molecule has 24 heavy (non-hydrogen) atoms. The summed E-state index contributed by atoms with van der Waals surface area (Å²) in [5.74, 6) is 1.02. The van der Waals surface area contributed by atoms with Crippen LogP contribution in [0.15, 0.2) is 30.5 Å². The van der Waals surface area contributed by atoms with E-state index in [2.05, 4.69) is 35.5 Å². The van der Waals surface area contributed by atoms with Gasteiger partial charge < -0.3 is 10.1 Å². The lowest BCUT2D eigenvalue weighted by Gasteiger charge is -2.38. The molecule has 1 saturated carbocycles. The smallest absolute Gasteiger partial charge is 0.224 e. The average molecular weight is 326 g/mol. The highest BCUT2D eigenvalue weighted by Crippen LogP contribution is 2.63. The maximum absolute atomic E-state index is 12.7. The second kappa shape index (κ2) is 5.06. The van der Waals surface area contributed by atoms with E-state index in [-0.39, 0.29) is 22.8 Å². The van der Waals surface area contributed by atoms with Gasteiger partial charge in [-0.2, -0.15) is 0 Å². The Kier molecular flexibility index (Phi) is 3.20. The zero-order valence-corrected chi connectivity index (χ0v) is 14.2. The fourth-order valence-electron chi connectivity index (χ4n) is 4.07. The second-order valence-corrected chi connectivity index (χ2v) is 7.51. The second-order valence-electron chi connectivity index (χ2n) is 7.51. The highest BCUT2D eigenvalue weighted by atomic mass is 16.5. The van der Waals surface area contributed by atoms with Crippen molar-refractivity contribution in [1.29, 1.82) is 0 Å². The molecule has 1 spiro atoms. The van der Waals surface area contributed by atoms with Crippen molar-refractivity contribution in [1.82, 2.24) is 20.3 Å². The fourth-order valence-corrected chi connectivity index (χ4v) is 4.07. The van der Waals surface area contributed by atoms with Crippen molar-refractivity contribution in [3.8, 4) is 5.75 Å². The predicted molar refractivity (Wildman–Crippen MR) is 88.4 cm³/mol. The number of rotatable bonds is 3. The number of nitrogens with one attached hydrogen (secondary N) is 1. The van der Waals surface area contributed by atoms with Crippen molar-refractivity contribution in [2.24, 2.45) is 13.0 Å². The third kappa shape index (κ3) is 2.37. The number of hydrogen-bond acceptors (Lipinski definition) is 4. The molecular weight excluding hydrogens is 304 g/mol. The summed E-state index contributed by atoms with van der Waals surface area (Å²) in [7, 11) is 1.82. The van der Waals surface area contributed by atoms with Gasteiger partial charge in [-0.05, 0) is 32.8 Å². The number of carbonyl (C=O) groups is 1. The van der Waals surface area contributed by atoms with Gasteiger partial charge in [-0.1, -0.05) is 23.4 Å². The maximum Gasteiger partial charge on any atom is 0.224 e. The van der Waals surface area contributed by atoms with Crippen molar-refractivity contribution in [3.63, 3.8) is 0 Å². The number of hydrogen-bond donors (Lipinski definition) is 1. The molecule has 126 valence electrons. The van der Waals surface area contributed by atoms with Crippen molar-refractivity contribution in [2.75, 3.05) is 0 Å². The summed E-state index contributed by atoms with van der Waals surface area (Å²) in [5.41, 5.74) is 1.72. The molecule has 1 aromatic carbocycles. The van der Waals surface area contributed by atoms with E-state index in [1.807, 2.05) is 25.2 Å². The zero-order valence-electron chi connectivity index (χ0n) is 14.2. The summed E-state index contributed by atoms with van der Waals surface area (Å²) in [6.07, 6.45) is 3.42. The minimum absolute atomic E-state index is 0.00279. The lowest BCUT2D eigenvalue weighted by atomic mass is 9.80. The monoisotopic (exact) mass is 326 g/mol. The number of nitrogens with zero attached hydrogens (tertiary/aromatic N) is 3. The molecule has 0 saturated heterocycles. The molecule has 2 heterocycles. The summed E-state index contributed by atoms with van der Waals surface area (Å²) >= 11 is 0. The molecule has 0 radical (unpaired) electrons. The number of amides is 1. The Labute approximate surface area is 141 Å². The highest BCUT2D eigenvalue weighted by molar-refractivity contribution is 5.85. The molecule has 0 bridgehead atoms. The minimum Gasteiger partial charge on any atom is -0.488 e. The standard InChI is InChI=1S/C18H22N4O2/c1-17(2)11-18(13-6-4-5-7-15(13)24-17)8-14(18)16(23)19-9-12-10-20-21-22(12)3/h4-7,10,14H,8-9,11H2,1-3H3,(H,19,23)/t14-,18+/m1/s1. The normalized spacial score (nSPS) is 26.5. The van der Waals surface area contributed by atoms with E-state index in [1.54, 1.807) is 10.9 Å². The van der Waals surface area contributed by atoms with Gasteiger partial charge in [0.25, 0.3) is 0 Å². The topological polar surface area (TPSA) is 69.0 Å². The van der Waals surface area contributed by atoms with Crippen LogP contribution in [-0.2, 0) is 23.8 Å². The van der Waals surface area contributed by atoms with Crippen molar-refractivity contribution < 1.29 is 9.53 Å². The molecule has 0 unspecified atom stereocenters. The van der Waals surface area contributed by atoms with Gasteiger partial charge in [-0.15, -0.1) is 5.10 Å². The first kappa shape index (κ1) is 15.2. The third-order valence-corrected chi connectivity index (χ3v) is 5.19. The van der Waals surface area contributed by atoms with Crippen LogP contribution in [0, 0.1) is 5.92 Å². The number of aromatic nitrogens is 3. The number of aryl methyl sites for hydroxylation is 1. The molecule has 1 amide bonds. The number of carbonyl (C=O) groups excluding carboxylic acids is 1. The summed E-state index contributed by atoms with van der Waals surface area (Å²) in [6.45, 7) is 4.65. The molecule has 1 aliphatic heterocycles. The fraction of sp³-hybridized carbons (Fsp3) is 0.500. The molecule has 6 nitrogen and oxygen atoms in total. The van der Waals surface area contributed by atoms with Crippen LogP contribution in [0.1, 0.15) is 37.9 Å². The van der Waals surface area contributed by atoms with Crippen LogP contribution in [0.2, 0.25) is 0 Å². The van der Waals surface area contributed by atoms with Crippen LogP contribution in [0.5, 0.6) is 5.75 Å². The molecule has 1 fully saturated rings. The van der Waals surface area contributed by atoms with Crippen LogP contribution < -0.4 is 10.1 Å². The molecule has 1 aromatic heterocycles. The molecule has 2 atom stereocenters. The van der Waals surface area contributed by atoms with E-state index in [0.29, 0.717) is 6.54 Å². The Balaban J connectivity index is 1.53. The van der Waals surface area contributed by atoms with Gasteiger partial charge in [-0.25, -0.2) is 0 Å². The van der Waals surface area contributed by atoms with Crippen molar-refractivity contribution in [3.05, 3.63) is 41.7 Å². The first-order chi connectivity index (χ1) is 11.4. The molecule has 2 aliphatic rings. The number of benzene rings is 1. The molecular formula is C18H22N4O2. The highest BCUT2D eigenvalue weighted by Gasteiger charge is 2.63. The van der Waals surface area contributed by atoms with Crippen LogP contribution in [0.25, 0.3) is 0 Å². The quantitative estimate of drug-likeness (QED) is 0.936. The van der Waals surface area contributed by atoms with E-state index < -0.39 is 0 Å². The Morgan fingerprint density at radius 3 is 2.96 bits per heavy atom. The summed E-state index contributed by atoms with van der Waals surface area (Å²) in [4.78, 5) is 12.7. The Morgan fingerprint density at radius 2 is 2.21 bits per heavy atom. The lowest BCUT2D eigenvalue weighted by molar-refractivity contribution is -0.123. The first-order valence-electron chi connectivity index (χ1n) is 8.31. The van der Waals surface area contributed by atoms with Crippen LogP contribution >= 0.6 is 0 Å². The van der Waals surface area contributed by atoms with Crippen molar-refractivity contribution in [2.45, 2.75) is 44.2 Å². The first-order valence-corrected chi connectivity index (χ1v) is 8.31. The molecule has 6 heteroatoms. The summed E-state index contributed by atoms with van der Waals surface area (Å²) in [5, 5.41) is 10.8. The van der Waals surface area contributed by atoms with E-state index in [9.17, 15) is 4.79 Å². The lowest BCUT2D eigenvalue weighted by Crippen LogP contribution is -2.40. The van der Waals surface area contributed by atoms with Gasteiger partial charge in [0.1, 0.15) is 11.4 Å². The summed E-state index contributed by atoms with van der Waals surface area (Å²) < 4.78 is 7.78. The molecule has 2 aromatic rings. The largest absolute Gasteiger partial charge is 0.488 e. The van der Waals surface area contributed by atoms with Gasteiger partial charge in [0.05, 0.1) is 18.4 Å². The van der Waals surface area contributed by atoms with E-state index in [0.717, 1.165) is 24.3 Å². The van der Waals surface area contributed by atoms with Crippen molar-refractivity contribution >= 4 is 5.91 Å². The Bertz CT molecular complexity index is 798. The number of fused-ring (bicyclic) bond motifs is 2. The van der Waals surface area contributed by atoms with E-state index >= 15 is 0 Å². The van der Waals surface area contributed by atoms with Gasteiger partial charge in [0.15, 0.2) is 0 Å². The number of ether oxygens (including phenoxy) is 1. The van der Waals surface area contributed by atoms with Gasteiger partial charge in [0, 0.05) is 23.9 Å². The van der Waals surface area contributed by atoms with Crippen LogP contribution in [0.3, 0.4) is 0 Å². The maximum atomic E-state index is 12.7. The molecule has 4 rings (SSSR count). The van der Waals surface area contributed by atoms with Crippen LogP contribution in [-0.4, -0.2) is 26.5 Å². The van der Waals surface area contributed by atoms with Gasteiger partial charge in [-0.3, -0.25) is 9.48 Å². The van der Waals surface area contributed by atoms with Gasteiger partial charge >= 0.3 is 0 Å². The zero-order chi connectivity index (χ0) is 16.9. The molecule has 1 N–H and O–H groups in total. The van der Waals surface area contributed by atoms with E-state index in [4.69, 9.17) is 4.74 Å². The Hall–Kier alpha value is -2.37. The van der Waals surface area contributed by atoms with E-state index in [1.165, 1.54) is 5.56 Å². The Morgan fingerprint density at radius 1 is 1.42 bits per heavy atom. The SMILES string of the molecule is Cn1nncc1CNC(=O)[C@H]1C[C@@]12CC(C)(C)Oc1ccccc12.